The summed E-state index contributed by atoms with van der Waals surface area (Å²) >= 11 is 0. The fraction of sp³-hybridized carbons (Fsp3) is 0.500. The fourth-order valence-electron chi connectivity index (χ4n) is 3.13. The predicted octanol–water partition coefficient (Wildman–Crippen LogP) is 4.55. The van der Waals surface area contributed by atoms with E-state index in [9.17, 15) is 18.0 Å². The number of benzene rings is 1. The zero-order valence-corrected chi connectivity index (χ0v) is 12.9. The van der Waals surface area contributed by atoms with Crippen LogP contribution in [-0.2, 0) is 17.5 Å². The number of alkyl halides is 3. The van der Waals surface area contributed by atoms with Crippen molar-refractivity contribution in [1.29, 1.82) is 0 Å². The first-order valence-corrected chi connectivity index (χ1v) is 8.06. The van der Waals surface area contributed by atoms with Crippen molar-refractivity contribution in [1.82, 2.24) is 4.90 Å². The highest BCUT2D eigenvalue weighted by molar-refractivity contribution is 5.77. The molecule has 1 aromatic rings. The molecule has 0 aliphatic heterocycles. The highest BCUT2D eigenvalue weighted by Gasteiger charge is 2.37. The van der Waals surface area contributed by atoms with E-state index in [4.69, 9.17) is 0 Å². The fourth-order valence-corrected chi connectivity index (χ4v) is 3.13. The number of carbonyl (C=O) groups is 1. The van der Waals surface area contributed by atoms with E-state index in [1.54, 1.807) is 11.0 Å². The molecule has 0 N–H and O–H groups in total. The largest absolute Gasteiger partial charge is 0.416 e. The molecule has 2 nitrogen and oxygen atoms in total. The summed E-state index contributed by atoms with van der Waals surface area (Å²) in [6.07, 6.45) is 3.86. The average molecular weight is 323 g/mol. The lowest BCUT2D eigenvalue weighted by Gasteiger charge is -2.25. The molecule has 2 aliphatic rings. The van der Waals surface area contributed by atoms with Crippen LogP contribution in [0.5, 0.6) is 0 Å². The van der Waals surface area contributed by atoms with E-state index in [0.29, 0.717) is 6.42 Å². The number of nitrogens with zero attached hydrogens (tertiary/aromatic N) is 1. The molecule has 0 spiro atoms. The molecule has 0 saturated heterocycles. The molecule has 0 aromatic heterocycles. The van der Waals surface area contributed by atoms with Gasteiger partial charge < -0.3 is 4.90 Å². The number of amides is 1. The standard InChI is InChI=1S/C18H20F3NO/c19-18(20,21)16-8-4-3-7-14(16)12-22(15-9-10-15)17(23)11-13-5-1-2-6-13/h1,3-5,7-8,13,15H,2,6,9-12H2. The summed E-state index contributed by atoms with van der Waals surface area (Å²) in [5, 5.41) is 0. The summed E-state index contributed by atoms with van der Waals surface area (Å²) in [5.74, 6) is 0.211. The van der Waals surface area contributed by atoms with Gasteiger partial charge in [0.2, 0.25) is 5.91 Å². The number of hydrogen-bond donors (Lipinski definition) is 0. The van der Waals surface area contributed by atoms with Crippen LogP contribution in [-0.4, -0.2) is 16.8 Å². The van der Waals surface area contributed by atoms with Crippen molar-refractivity contribution in [3.63, 3.8) is 0 Å². The Labute approximate surface area is 134 Å². The highest BCUT2D eigenvalue weighted by Crippen LogP contribution is 2.35. The van der Waals surface area contributed by atoms with Gasteiger partial charge in [-0.1, -0.05) is 30.4 Å². The third-order valence-corrected chi connectivity index (χ3v) is 4.52. The molecule has 1 fully saturated rings. The number of halogens is 3. The molecule has 0 radical (unpaired) electrons. The SMILES string of the molecule is O=C(CC1C=CCC1)N(Cc1ccccc1C(F)(F)F)C1CC1. The summed E-state index contributed by atoms with van der Waals surface area (Å²) in [5.41, 5.74) is -0.457. The summed E-state index contributed by atoms with van der Waals surface area (Å²) in [6, 6.07) is 5.65. The van der Waals surface area contributed by atoms with E-state index in [2.05, 4.69) is 6.08 Å². The summed E-state index contributed by atoms with van der Waals surface area (Å²) < 4.78 is 39.4. The van der Waals surface area contributed by atoms with Gasteiger partial charge in [-0.25, -0.2) is 0 Å². The molecule has 1 unspecified atom stereocenters. The first-order chi connectivity index (χ1) is 10.9. The molecule has 0 heterocycles. The van der Waals surface area contributed by atoms with Crippen LogP contribution in [0.2, 0.25) is 0 Å². The Balaban J connectivity index is 1.75. The predicted molar refractivity (Wildman–Crippen MR) is 81.5 cm³/mol. The molecule has 3 rings (SSSR count). The van der Waals surface area contributed by atoms with Gasteiger partial charge in [-0.05, 0) is 43.2 Å². The van der Waals surface area contributed by atoms with Crippen molar-refractivity contribution >= 4 is 5.91 Å². The lowest BCUT2D eigenvalue weighted by atomic mass is 10.0. The maximum absolute atomic E-state index is 13.1. The third kappa shape index (κ3) is 3.95. The summed E-state index contributed by atoms with van der Waals surface area (Å²) in [4.78, 5) is 14.2. The van der Waals surface area contributed by atoms with E-state index in [-0.39, 0.29) is 30.0 Å². The van der Waals surface area contributed by atoms with Crippen molar-refractivity contribution in [3.8, 4) is 0 Å². The van der Waals surface area contributed by atoms with Gasteiger partial charge in [0, 0.05) is 19.0 Å². The van der Waals surface area contributed by atoms with Gasteiger partial charge in [-0.3, -0.25) is 4.79 Å². The van der Waals surface area contributed by atoms with E-state index < -0.39 is 11.7 Å². The summed E-state index contributed by atoms with van der Waals surface area (Å²) in [6.45, 7) is 0.0512. The van der Waals surface area contributed by atoms with Crippen LogP contribution < -0.4 is 0 Å². The second-order valence-corrected chi connectivity index (χ2v) is 6.38. The molecule has 23 heavy (non-hydrogen) atoms. The van der Waals surface area contributed by atoms with Crippen LogP contribution >= 0.6 is 0 Å². The Morgan fingerprint density at radius 3 is 2.52 bits per heavy atom. The molecular formula is C18H20F3NO. The zero-order valence-electron chi connectivity index (χ0n) is 12.9. The van der Waals surface area contributed by atoms with Crippen LogP contribution in [0.3, 0.4) is 0 Å². The van der Waals surface area contributed by atoms with E-state index in [1.807, 2.05) is 6.08 Å². The maximum atomic E-state index is 13.1. The first-order valence-electron chi connectivity index (χ1n) is 8.06. The summed E-state index contributed by atoms with van der Waals surface area (Å²) in [7, 11) is 0. The van der Waals surface area contributed by atoms with Gasteiger partial charge in [-0.2, -0.15) is 13.2 Å². The zero-order chi connectivity index (χ0) is 16.4. The second kappa shape index (κ2) is 6.38. The van der Waals surface area contributed by atoms with Gasteiger partial charge in [0.25, 0.3) is 0 Å². The smallest absolute Gasteiger partial charge is 0.335 e. The van der Waals surface area contributed by atoms with Crippen LogP contribution in [0.4, 0.5) is 13.2 Å². The maximum Gasteiger partial charge on any atom is 0.416 e. The van der Waals surface area contributed by atoms with Crippen molar-refractivity contribution in [2.45, 2.75) is 50.9 Å². The van der Waals surface area contributed by atoms with Crippen LogP contribution in [0.25, 0.3) is 0 Å². The molecule has 0 bridgehead atoms. The molecule has 124 valence electrons. The minimum absolute atomic E-state index is 0.0268. The van der Waals surface area contributed by atoms with Gasteiger partial charge >= 0.3 is 6.18 Å². The van der Waals surface area contributed by atoms with E-state index in [0.717, 1.165) is 31.7 Å². The topological polar surface area (TPSA) is 20.3 Å². The Kier molecular flexibility index (Phi) is 4.46. The van der Waals surface area contributed by atoms with Crippen LogP contribution in [0.1, 0.15) is 43.2 Å². The van der Waals surface area contributed by atoms with Gasteiger partial charge in [-0.15, -0.1) is 0 Å². The Morgan fingerprint density at radius 2 is 1.91 bits per heavy atom. The molecule has 1 aromatic carbocycles. The van der Waals surface area contributed by atoms with E-state index in [1.165, 1.54) is 12.1 Å². The second-order valence-electron chi connectivity index (χ2n) is 6.38. The Bertz CT molecular complexity index is 605. The van der Waals surface area contributed by atoms with Crippen molar-refractivity contribution in [2.24, 2.45) is 5.92 Å². The third-order valence-electron chi connectivity index (χ3n) is 4.52. The molecule has 1 amide bonds. The Hall–Kier alpha value is -1.78. The Morgan fingerprint density at radius 1 is 1.17 bits per heavy atom. The average Bonchev–Trinajstić information content (AvgIpc) is 3.21. The van der Waals surface area contributed by atoms with E-state index >= 15 is 0 Å². The monoisotopic (exact) mass is 323 g/mol. The van der Waals surface area contributed by atoms with Gasteiger partial charge in [0.15, 0.2) is 0 Å². The highest BCUT2D eigenvalue weighted by atomic mass is 19.4. The number of hydrogen-bond acceptors (Lipinski definition) is 1. The molecule has 2 aliphatic carbocycles. The van der Waals surface area contributed by atoms with Gasteiger partial charge in [0.1, 0.15) is 0 Å². The molecular weight excluding hydrogens is 303 g/mol. The quantitative estimate of drug-likeness (QED) is 0.728. The molecule has 1 atom stereocenters. The molecule has 5 heteroatoms. The van der Waals surface area contributed by atoms with Gasteiger partial charge in [0.05, 0.1) is 5.56 Å². The van der Waals surface area contributed by atoms with Crippen LogP contribution in [0, 0.1) is 5.92 Å². The first kappa shape index (κ1) is 16.1. The van der Waals surface area contributed by atoms with Crippen molar-refractivity contribution < 1.29 is 18.0 Å². The minimum Gasteiger partial charge on any atom is -0.335 e. The normalized spacial score (nSPS) is 20.7. The minimum atomic E-state index is -4.39. The van der Waals surface area contributed by atoms with Crippen molar-refractivity contribution in [3.05, 3.63) is 47.5 Å². The van der Waals surface area contributed by atoms with Crippen molar-refractivity contribution in [2.75, 3.05) is 0 Å². The lowest BCUT2D eigenvalue weighted by molar-refractivity contribution is -0.140. The molecule has 1 saturated carbocycles. The van der Waals surface area contributed by atoms with Crippen LogP contribution in [0.15, 0.2) is 36.4 Å². The lowest BCUT2D eigenvalue weighted by Crippen LogP contribution is -2.34. The number of allylic oxidation sites excluding steroid dienone is 2. The number of carbonyl (C=O) groups excluding carboxylic acids is 1. The number of rotatable bonds is 5.